The third kappa shape index (κ3) is 4.08. The molecule has 2 atom stereocenters. The first-order chi connectivity index (χ1) is 15.5. The predicted octanol–water partition coefficient (Wildman–Crippen LogP) is 3.66. The van der Waals surface area contributed by atoms with Crippen molar-refractivity contribution in [3.8, 4) is 11.3 Å². The number of morpholine rings is 1. The highest BCUT2D eigenvalue weighted by molar-refractivity contribution is 6.30. The molecule has 1 aromatic carbocycles. The minimum Gasteiger partial charge on any atom is -0.377 e. The molecular weight excluding hydrogens is 426 g/mol. The number of hydrogen-bond donors (Lipinski definition) is 1. The summed E-state index contributed by atoms with van der Waals surface area (Å²) in [5.74, 6) is 0. The average Bonchev–Trinajstić information content (AvgIpc) is 3.11. The Morgan fingerprint density at radius 3 is 2.56 bits per heavy atom. The molecule has 3 aromatic rings. The van der Waals surface area contributed by atoms with Gasteiger partial charge in [-0.1, -0.05) is 29.8 Å². The van der Waals surface area contributed by atoms with Gasteiger partial charge in [-0.15, -0.1) is 0 Å². The van der Waals surface area contributed by atoms with E-state index in [2.05, 4.69) is 20.8 Å². The van der Waals surface area contributed by atoms with Crippen LogP contribution in [0.5, 0.6) is 0 Å². The van der Waals surface area contributed by atoms with Crippen LogP contribution in [0, 0.1) is 0 Å². The average molecular weight is 454 g/mol. The molecule has 0 saturated carbocycles. The van der Waals surface area contributed by atoms with Gasteiger partial charge in [0.2, 0.25) is 0 Å². The highest BCUT2D eigenvalue weighted by Crippen LogP contribution is 2.29. The first-order valence-electron chi connectivity index (χ1n) is 11.1. The Bertz CT molecular complexity index is 1100. The number of ether oxygens (including phenoxy) is 1. The molecule has 2 saturated heterocycles. The van der Waals surface area contributed by atoms with Gasteiger partial charge < -0.3 is 19.4 Å². The summed E-state index contributed by atoms with van der Waals surface area (Å²) >= 11 is 6.12. The monoisotopic (exact) mass is 453 g/mol. The number of benzene rings is 1. The van der Waals surface area contributed by atoms with Crippen molar-refractivity contribution in [1.82, 2.24) is 24.5 Å². The van der Waals surface area contributed by atoms with Crippen LogP contribution >= 0.6 is 11.6 Å². The number of aromatic nitrogens is 2. The maximum atomic E-state index is 12.8. The van der Waals surface area contributed by atoms with Crippen LogP contribution in [0.25, 0.3) is 16.9 Å². The maximum Gasteiger partial charge on any atom is 0.318 e. The number of halogens is 1. The van der Waals surface area contributed by atoms with Crippen LogP contribution in [0.3, 0.4) is 0 Å². The second kappa shape index (κ2) is 8.73. The summed E-state index contributed by atoms with van der Waals surface area (Å²) in [6, 6.07) is 14.1. The third-order valence-electron chi connectivity index (χ3n) is 6.11. The second-order valence-electron chi connectivity index (χ2n) is 8.89. The fraction of sp³-hybridized carbons (Fsp3) is 0.417. The van der Waals surface area contributed by atoms with Crippen molar-refractivity contribution >= 4 is 23.3 Å². The zero-order valence-electron chi connectivity index (χ0n) is 18.4. The fourth-order valence-electron chi connectivity index (χ4n) is 4.78. The number of carbonyl (C=O) groups excluding carboxylic acids is 1. The third-order valence-corrected chi connectivity index (χ3v) is 6.36. The van der Waals surface area contributed by atoms with Gasteiger partial charge in [0.1, 0.15) is 5.65 Å². The Labute approximate surface area is 192 Å². The summed E-state index contributed by atoms with van der Waals surface area (Å²) in [5, 5.41) is 3.76. The Kier molecular flexibility index (Phi) is 5.80. The van der Waals surface area contributed by atoms with E-state index in [-0.39, 0.29) is 24.2 Å². The summed E-state index contributed by atoms with van der Waals surface area (Å²) in [6.45, 7) is 7.39. The van der Waals surface area contributed by atoms with E-state index in [0.29, 0.717) is 18.2 Å². The summed E-state index contributed by atoms with van der Waals surface area (Å²) in [6.07, 6.45) is 2.06. The Morgan fingerprint density at radius 1 is 1.16 bits per heavy atom. The van der Waals surface area contributed by atoms with Gasteiger partial charge in [-0.3, -0.25) is 4.90 Å². The Morgan fingerprint density at radius 2 is 1.88 bits per heavy atom. The first kappa shape index (κ1) is 21.2. The van der Waals surface area contributed by atoms with Gasteiger partial charge in [0.05, 0.1) is 36.7 Å². The molecule has 32 heavy (non-hydrogen) atoms. The zero-order valence-corrected chi connectivity index (χ0v) is 19.1. The van der Waals surface area contributed by atoms with Crippen LogP contribution in [0.15, 0.2) is 48.7 Å². The summed E-state index contributed by atoms with van der Waals surface area (Å²) < 4.78 is 7.96. The molecule has 2 amide bonds. The molecule has 2 aromatic heterocycles. The van der Waals surface area contributed by atoms with E-state index in [1.54, 1.807) is 0 Å². The number of urea groups is 1. The largest absolute Gasteiger partial charge is 0.377 e. The van der Waals surface area contributed by atoms with Crippen LogP contribution < -0.4 is 5.32 Å². The van der Waals surface area contributed by atoms with E-state index in [0.717, 1.165) is 42.2 Å². The molecule has 0 aliphatic carbocycles. The SMILES string of the molecule is CC(C)NC(=O)N1C2COCC1CN(Cc1c(-c3ccc(Cl)cc3)nc3ccccn13)C2. The topological polar surface area (TPSA) is 62.1 Å². The zero-order chi connectivity index (χ0) is 22.2. The highest BCUT2D eigenvalue weighted by atomic mass is 35.5. The van der Waals surface area contributed by atoms with Gasteiger partial charge in [0.15, 0.2) is 0 Å². The van der Waals surface area contributed by atoms with Crippen molar-refractivity contribution in [3.05, 3.63) is 59.4 Å². The van der Waals surface area contributed by atoms with E-state index in [9.17, 15) is 4.79 Å². The number of nitrogens with zero attached hydrogens (tertiary/aromatic N) is 4. The number of hydrogen-bond acceptors (Lipinski definition) is 4. The molecule has 168 valence electrons. The van der Waals surface area contributed by atoms with Gasteiger partial charge in [0.25, 0.3) is 0 Å². The molecule has 2 aliphatic heterocycles. The molecule has 8 heteroatoms. The number of pyridine rings is 1. The van der Waals surface area contributed by atoms with E-state index < -0.39 is 0 Å². The van der Waals surface area contributed by atoms with Crippen LogP contribution in [0.4, 0.5) is 4.79 Å². The van der Waals surface area contributed by atoms with E-state index >= 15 is 0 Å². The van der Waals surface area contributed by atoms with Crippen LogP contribution in [0.1, 0.15) is 19.5 Å². The fourth-order valence-corrected chi connectivity index (χ4v) is 4.91. The number of fused-ring (bicyclic) bond motifs is 3. The molecule has 0 spiro atoms. The molecule has 2 fully saturated rings. The maximum absolute atomic E-state index is 12.8. The lowest BCUT2D eigenvalue weighted by Crippen LogP contribution is -2.67. The number of nitrogens with one attached hydrogen (secondary N) is 1. The van der Waals surface area contributed by atoms with E-state index in [4.69, 9.17) is 21.3 Å². The summed E-state index contributed by atoms with van der Waals surface area (Å²) in [5.41, 5.74) is 4.08. The minimum atomic E-state index is 0.00889. The Balaban J connectivity index is 1.43. The number of carbonyl (C=O) groups is 1. The van der Waals surface area contributed by atoms with Gasteiger partial charge in [-0.05, 0) is 38.1 Å². The van der Waals surface area contributed by atoms with Gasteiger partial charge >= 0.3 is 6.03 Å². The summed E-state index contributed by atoms with van der Waals surface area (Å²) in [4.78, 5) is 22.1. The van der Waals surface area contributed by atoms with Gasteiger partial charge in [-0.25, -0.2) is 9.78 Å². The van der Waals surface area contributed by atoms with Crippen molar-refractivity contribution in [2.24, 2.45) is 0 Å². The number of imidazole rings is 1. The molecule has 1 N–H and O–H groups in total. The second-order valence-corrected chi connectivity index (χ2v) is 9.33. The molecule has 2 bridgehead atoms. The Hall–Kier alpha value is -2.61. The minimum absolute atomic E-state index is 0.00889. The van der Waals surface area contributed by atoms with Crippen molar-refractivity contribution in [2.45, 2.75) is 38.5 Å². The lowest BCUT2D eigenvalue weighted by molar-refractivity contribution is -0.0768. The molecule has 7 nitrogen and oxygen atoms in total. The molecule has 5 rings (SSSR count). The molecule has 0 radical (unpaired) electrons. The predicted molar refractivity (Wildman–Crippen MR) is 125 cm³/mol. The van der Waals surface area contributed by atoms with Crippen molar-refractivity contribution in [2.75, 3.05) is 26.3 Å². The van der Waals surface area contributed by atoms with Crippen molar-refractivity contribution in [3.63, 3.8) is 0 Å². The van der Waals surface area contributed by atoms with Crippen LogP contribution in [0.2, 0.25) is 5.02 Å². The lowest BCUT2D eigenvalue weighted by Gasteiger charge is -2.49. The molecule has 4 heterocycles. The molecule has 2 unspecified atom stereocenters. The van der Waals surface area contributed by atoms with E-state index in [1.165, 1.54) is 0 Å². The number of rotatable bonds is 4. The van der Waals surface area contributed by atoms with Crippen molar-refractivity contribution in [1.29, 1.82) is 0 Å². The molecular formula is C24H28ClN5O2. The van der Waals surface area contributed by atoms with Gasteiger partial charge in [-0.2, -0.15) is 0 Å². The lowest BCUT2D eigenvalue weighted by atomic mass is 10.0. The quantitative estimate of drug-likeness (QED) is 0.655. The molecule has 2 aliphatic rings. The van der Waals surface area contributed by atoms with Gasteiger partial charge in [0, 0.05) is 42.5 Å². The highest BCUT2D eigenvalue weighted by Gasteiger charge is 2.41. The van der Waals surface area contributed by atoms with E-state index in [1.807, 2.05) is 61.2 Å². The van der Waals surface area contributed by atoms with Crippen LogP contribution in [-0.4, -0.2) is 69.6 Å². The number of amides is 2. The van der Waals surface area contributed by atoms with Crippen LogP contribution in [-0.2, 0) is 11.3 Å². The number of piperazine rings is 1. The smallest absolute Gasteiger partial charge is 0.318 e. The normalized spacial score (nSPS) is 21.3. The standard InChI is InChI=1S/C24H28ClN5O2/c1-16(2)26-24(31)30-19-11-28(12-20(30)15-32-14-19)13-21-23(17-6-8-18(25)9-7-17)27-22-5-3-4-10-29(21)22/h3-10,16,19-20H,11-15H2,1-2H3,(H,26,31). The first-order valence-corrected chi connectivity index (χ1v) is 11.5. The summed E-state index contributed by atoms with van der Waals surface area (Å²) in [7, 11) is 0. The van der Waals surface area contributed by atoms with Crippen molar-refractivity contribution < 1.29 is 9.53 Å².